The minimum Gasteiger partial charge on any atom is -0.497 e. The SMILES string of the molecule is COc1ccc(C#Cc2ccc3c(c2)c2ccccc2n3-c2ccc(-n3c4ccccc4c4cc(C#Cc5ccc(OC)cc5)ccc43)cc2)cc1. The topological polar surface area (TPSA) is 28.3 Å². The maximum Gasteiger partial charge on any atom is 0.118 e. The van der Waals surface area contributed by atoms with Crippen LogP contribution in [0.3, 0.4) is 0 Å². The number of ether oxygens (including phenoxy) is 2. The number of rotatable bonds is 4. The summed E-state index contributed by atoms with van der Waals surface area (Å²) in [6.45, 7) is 0. The molecule has 2 heterocycles. The van der Waals surface area contributed by atoms with E-state index in [1.54, 1.807) is 14.2 Å². The largest absolute Gasteiger partial charge is 0.497 e. The predicted octanol–water partition coefficient (Wildman–Crippen LogP) is 10.7. The van der Waals surface area contributed by atoms with E-state index in [-0.39, 0.29) is 0 Å². The first-order valence-electron chi connectivity index (χ1n) is 17.2. The number of methoxy groups -OCH3 is 2. The van der Waals surface area contributed by atoms with Crippen molar-refractivity contribution in [2.24, 2.45) is 0 Å². The molecule has 9 aromatic rings. The maximum atomic E-state index is 5.29. The number of hydrogen-bond acceptors (Lipinski definition) is 2. The molecule has 0 amide bonds. The Morgan fingerprint density at radius 3 is 1.10 bits per heavy atom. The van der Waals surface area contributed by atoms with Crippen molar-refractivity contribution < 1.29 is 9.47 Å². The zero-order valence-electron chi connectivity index (χ0n) is 28.7. The second-order valence-corrected chi connectivity index (χ2v) is 12.6. The van der Waals surface area contributed by atoms with E-state index < -0.39 is 0 Å². The second-order valence-electron chi connectivity index (χ2n) is 12.6. The molecule has 0 aliphatic carbocycles. The van der Waals surface area contributed by atoms with Crippen LogP contribution in [0.1, 0.15) is 22.3 Å². The summed E-state index contributed by atoms with van der Waals surface area (Å²) >= 11 is 0. The highest BCUT2D eigenvalue weighted by Gasteiger charge is 2.15. The van der Waals surface area contributed by atoms with Gasteiger partial charge in [-0.1, -0.05) is 60.1 Å². The molecule has 0 saturated heterocycles. The van der Waals surface area contributed by atoms with Crippen LogP contribution in [0.2, 0.25) is 0 Å². The first-order chi connectivity index (χ1) is 25.7. The molecule has 0 spiro atoms. The average Bonchev–Trinajstić information content (AvgIpc) is 3.72. The molecule has 0 aliphatic heterocycles. The van der Waals surface area contributed by atoms with E-state index in [2.05, 4.69) is 142 Å². The van der Waals surface area contributed by atoms with Gasteiger partial charge in [0.05, 0.1) is 36.3 Å². The molecule has 52 heavy (non-hydrogen) atoms. The van der Waals surface area contributed by atoms with Gasteiger partial charge in [-0.25, -0.2) is 0 Å². The Hall–Kier alpha value is -7.14. The van der Waals surface area contributed by atoms with E-state index in [1.807, 2.05) is 48.5 Å². The highest BCUT2D eigenvalue weighted by Crippen LogP contribution is 2.35. The van der Waals surface area contributed by atoms with E-state index >= 15 is 0 Å². The Bertz CT molecular complexity index is 2700. The van der Waals surface area contributed by atoms with Crippen LogP contribution in [-0.4, -0.2) is 23.4 Å². The monoisotopic (exact) mass is 668 g/mol. The van der Waals surface area contributed by atoms with Crippen molar-refractivity contribution in [3.05, 3.63) is 180 Å². The minimum absolute atomic E-state index is 0.823. The second kappa shape index (κ2) is 13.0. The summed E-state index contributed by atoms with van der Waals surface area (Å²) in [5.74, 6) is 15.0. The Labute approximate surface area is 302 Å². The van der Waals surface area contributed by atoms with Crippen LogP contribution in [0.15, 0.2) is 158 Å². The normalized spacial score (nSPS) is 11.0. The molecule has 0 atom stereocenters. The molecule has 0 bridgehead atoms. The van der Waals surface area contributed by atoms with Crippen LogP contribution >= 0.6 is 0 Å². The van der Waals surface area contributed by atoms with Crippen LogP contribution in [0.4, 0.5) is 0 Å². The standard InChI is InChI=1S/C48H32N2O2/c1-51-39-25-15-33(16-26-39)11-13-35-19-29-47-43(31-35)41-7-3-5-9-45(41)49(47)37-21-23-38(24-22-37)50-46-10-6-4-8-42(46)44-32-36(20-30-48(44)50)14-12-34-17-27-40(52-2)28-18-34/h3-10,15-32H,1-2H3. The summed E-state index contributed by atoms with van der Waals surface area (Å²) in [4.78, 5) is 0. The molecule has 0 aliphatic rings. The molecule has 4 nitrogen and oxygen atoms in total. The van der Waals surface area contributed by atoms with E-state index in [0.717, 1.165) is 67.2 Å². The molecule has 0 fully saturated rings. The quantitative estimate of drug-likeness (QED) is 0.175. The molecule has 4 heteroatoms. The number of benzene rings is 7. The van der Waals surface area contributed by atoms with E-state index in [1.165, 1.54) is 21.5 Å². The molecule has 0 unspecified atom stereocenters. The van der Waals surface area contributed by atoms with Gasteiger partial charge < -0.3 is 18.6 Å². The van der Waals surface area contributed by atoms with Crippen LogP contribution in [0.25, 0.3) is 55.0 Å². The van der Waals surface area contributed by atoms with Crippen LogP contribution in [-0.2, 0) is 0 Å². The third kappa shape index (κ3) is 5.50. The molecule has 0 N–H and O–H groups in total. The molecule has 0 saturated carbocycles. The van der Waals surface area contributed by atoms with Crippen molar-refractivity contribution in [2.45, 2.75) is 0 Å². The van der Waals surface area contributed by atoms with Gasteiger partial charge in [-0.15, -0.1) is 0 Å². The van der Waals surface area contributed by atoms with E-state index in [9.17, 15) is 0 Å². The summed E-state index contributed by atoms with van der Waals surface area (Å²) in [7, 11) is 3.34. The zero-order chi connectivity index (χ0) is 35.0. The van der Waals surface area contributed by atoms with E-state index in [0.29, 0.717) is 0 Å². The average molecular weight is 669 g/mol. The third-order valence-electron chi connectivity index (χ3n) is 9.59. The summed E-state index contributed by atoms with van der Waals surface area (Å²) in [6.07, 6.45) is 0. The van der Waals surface area contributed by atoms with Crippen LogP contribution < -0.4 is 9.47 Å². The fourth-order valence-electron chi connectivity index (χ4n) is 7.05. The summed E-state index contributed by atoms with van der Waals surface area (Å²) < 4.78 is 15.3. The Balaban J connectivity index is 1.09. The lowest BCUT2D eigenvalue weighted by Gasteiger charge is -2.11. The Morgan fingerprint density at radius 1 is 0.346 bits per heavy atom. The molecule has 0 radical (unpaired) electrons. The minimum atomic E-state index is 0.823. The van der Waals surface area contributed by atoms with Crippen molar-refractivity contribution in [2.75, 3.05) is 14.2 Å². The van der Waals surface area contributed by atoms with Gasteiger partial charge in [0, 0.05) is 55.2 Å². The maximum absolute atomic E-state index is 5.29. The first-order valence-corrected chi connectivity index (χ1v) is 17.2. The van der Waals surface area contributed by atoms with Gasteiger partial charge in [-0.05, 0) is 121 Å². The summed E-state index contributed by atoms with van der Waals surface area (Å²) in [6, 6.07) is 54.7. The van der Waals surface area contributed by atoms with Crippen molar-refractivity contribution in [3.8, 4) is 46.6 Å². The molecular weight excluding hydrogens is 637 g/mol. The van der Waals surface area contributed by atoms with E-state index in [4.69, 9.17) is 9.47 Å². The number of hydrogen-bond donors (Lipinski definition) is 0. The lowest BCUT2D eigenvalue weighted by Crippen LogP contribution is -1.97. The van der Waals surface area contributed by atoms with Crippen molar-refractivity contribution in [3.63, 3.8) is 0 Å². The number of nitrogens with zero attached hydrogens (tertiary/aromatic N) is 2. The third-order valence-corrected chi connectivity index (χ3v) is 9.59. The predicted molar refractivity (Wildman–Crippen MR) is 213 cm³/mol. The van der Waals surface area contributed by atoms with Crippen molar-refractivity contribution in [1.29, 1.82) is 0 Å². The highest BCUT2D eigenvalue weighted by atomic mass is 16.5. The fourth-order valence-corrected chi connectivity index (χ4v) is 7.05. The van der Waals surface area contributed by atoms with Crippen molar-refractivity contribution >= 4 is 43.6 Å². The summed E-state index contributed by atoms with van der Waals surface area (Å²) in [5.41, 5.74) is 10.7. The van der Waals surface area contributed by atoms with Crippen LogP contribution in [0, 0.1) is 23.7 Å². The highest BCUT2D eigenvalue weighted by molar-refractivity contribution is 6.11. The number of para-hydroxylation sites is 2. The van der Waals surface area contributed by atoms with Gasteiger partial charge in [-0.3, -0.25) is 0 Å². The smallest absolute Gasteiger partial charge is 0.118 e. The zero-order valence-corrected chi connectivity index (χ0v) is 28.7. The lowest BCUT2D eigenvalue weighted by atomic mass is 10.1. The molecule has 2 aromatic heterocycles. The van der Waals surface area contributed by atoms with Crippen molar-refractivity contribution in [1.82, 2.24) is 9.13 Å². The van der Waals surface area contributed by atoms with Crippen LogP contribution in [0.5, 0.6) is 11.5 Å². The summed E-state index contributed by atoms with van der Waals surface area (Å²) in [5, 5.41) is 4.75. The van der Waals surface area contributed by atoms with Gasteiger partial charge in [0.1, 0.15) is 11.5 Å². The lowest BCUT2D eigenvalue weighted by molar-refractivity contribution is 0.414. The fraction of sp³-hybridized carbons (Fsp3) is 0.0417. The van der Waals surface area contributed by atoms with Gasteiger partial charge in [0.15, 0.2) is 0 Å². The van der Waals surface area contributed by atoms with Gasteiger partial charge >= 0.3 is 0 Å². The number of fused-ring (bicyclic) bond motifs is 6. The molecule has 7 aromatic carbocycles. The molecular formula is C48H32N2O2. The van der Waals surface area contributed by atoms with Gasteiger partial charge in [0.2, 0.25) is 0 Å². The first kappa shape index (κ1) is 30.9. The Kier molecular flexibility index (Phi) is 7.69. The van der Waals surface area contributed by atoms with Gasteiger partial charge in [-0.2, -0.15) is 0 Å². The van der Waals surface area contributed by atoms with Gasteiger partial charge in [0.25, 0.3) is 0 Å². The Morgan fingerprint density at radius 2 is 0.692 bits per heavy atom. The molecule has 9 rings (SSSR count). The molecule has 246 valence electrons. The number of aromatic nitrogens is 2.